The highest BCUT2D eigenvalue weighted by Crippen LogP contribution is 2.17. The van der Waals surface area contributed by atoms with Gasteiger partial charge in [0.1, 0.15) is 12.4 Å². The number of carboxylic acid groups (broad SMARTS) is 2. The van der Waals surface area contributed by atoms with E-state index in [0.29, 0.717) is 19.3 Å². The number of hydrogen-bond donors (Lipinski definition) is 3. The molecule has 0 spiro atoms. The molecule has 1 aromatic rings. The van der Waals surface area contributed by atoms with Crippen molar-refractivity contribution in [3.05, 3.63) is 28.7 Å². The molecule has 0 bridgehead atoms. The molecular formula is C15H22BrNO6. The van der Waals surface area contributed by atoms with Gasteiger partial charge in [0.25, 0.3) is 0 Å². The van der Waals surface area contributed by atoms with Gasteiger partial charge >= 0.3 is 11.9 Å². The van der Waals surface area contributed by atoms with Crippen LogP contribution in [0.1, 0.15) is 13.8 Å². The minimum absolute atomic E-state index is 0.511. The van der Waals surface area contributed by atoms with Crippen LogP contribution in [0.3, 0.4) is 0 Å². The minimum Gasteiger partial charge on any atom is -0.491 e. The molecule has 23 heavy (non-hydrogen) atoms. The standard InChI is InChI=1S/C13H20BrNO2.C2H2O4/c1-11(2)15-6-7-16-8-9-17-13-5-3-4-12(14)10-13;3-1(4)2(5)6/h3-5,10-11,15H,6-9H2,1-2H3;(H,3,4)(H,5,6). The van der Waals surface area contributed by atoms with Gasteiger partial charge in [-0.3, -0.25) is 0 Å². The average Bonchev–Trinajstić information content (AvgIpc) is 2.46. The van der Waals surface area contributed by atoms with Gasteiger partial charge in [0.2, 0.25) is 0 Å². The molecule has 0 atom stereocenters. The van der Waals surface area contributed by atoms with Crippen LogP contribution in [-0.2, 0) is 14.3 Å². The van der Waals surface area contributed by atoms with E-state index >= 15 is 0 Å². The third-order valence-electron chi connectivity index (χ3n) is 2.27. The summed E-state index contributed by atoms with van der Waals surface area (Å²) in [4.78, 5) is 18.2. The second kappa shape index (κ2) is 12.9. The molecule has 0 radical (unpaired) electrons. The number of carbonyl (C=O) groups is 2. The number of ether oxygens (including phenoxy) is 2. The summed E-state index contributed by atoms with van der Waals surface area (Å²) in [5.41, 5.74) is 0. The molecule has 7 nitrogen and oxygen atoms in total. The number of aliphatic carboxylic acids is 2. The molecule has 0 aliphatic heterocycles. The van der Waals surface area contributed by atoms with Crippen molar-refractivity contribution < 1.29 is 29.3 Å². The molecule has 0 unspecified atom stereocenters. The Kier molecular flexibility index (Phi) is 11.9. The number of benzene rings is 1. The lowest BCUT2D eigenvalue weighted by atomic mass is 10.3. The van der Waals surface area contributed by atoms with Gasteiger partial charge in [-0.05, 0) is 18.2 Å². The summed E-state index contributed by atoms with van der Waals surface area (Å²) in [6, 6.07) is 8.32. The predicted octanol–water partition coefficient (Wildman–Crippen LogP) is 2.00. The van der Waals surface area contributed by atoms with E-state index in [1.54, 1.807) is 0 Å². The molecule has 3 N–H and O–H groups in total. The Bertz CT molecular complexity index is 469. The Hall–Kier alpha value is -1.64. The molecule has 0 aliphatic rings. The number of rotatable bonds is 8. The van der Waals surface area contributed by atoms with E-state index in [2.05, 4.69) is 35.1 Å². The van der Waals surface area contributed by atoms with E-state index < -0.39 is 11.9 Å². The Morgan fingerprint density at radius 1 is 1.17 bits per heavy atom. The van der Waals surface area contributed by atoms with Crippen molar-refractivity contribution in [3.63, 3.8) is 0 Å². The molecule has 1 aromatic carbocycles. The number of carboxylic acids is 2. The maximum Gasteiger partial charge on any atom is 0.414 e. The molecule has 130 valence electrons. The van der Waals surface area contributed by atoms with Gasteiger partial charge in [-0.15, -0.1) is 0 Å². The molecule has 1 rings (SSSR count). The van der Waals surface area contributed by atoms with Gasteiger partial charge < -0.3 is 25.0 Å². The molecule has 0 fully saturated rings. The van der Waals surface area contributed by atoms with Crippen LogP contribution >= 0.6 is 15.9 Å². The highest BCUT2D eigenvalue weighted by Gasteiger charge is 2.04. The summed E-state index contributed by atoms with van der Waals surface area (Å²) in [6.07, 6.45) is 0. The number of hydrogen-bond acceptors (Lipinski definition) is 5. The van der Waals surface area contributed by atoms with Crippen LogP contribution in [-0.4, -0.2) is 54.6 Å². The van der Waals surface area contributed by atoms with Crippen LogP contribution in [0, 0.1) is 0 Å². The van der Waals surface area contributed by atoms with Gasteiger partial charge in [-0.25, -0.2) is 9.59 Å². The Labute approximate surface area is 143 Å². The van der Waals surface area contributed by atoms with Crippen LogP contribution in [0.25, 0.3) is 0 Å². The van der Waals surface area contributed by atoms with E-state index in [1.807, 2.05) is 24.3 Å². The van der Waals surface area contributed by atoms with E-state index in [-0.39, 0.29) is 0 Å². The van der Waals surface area contributed by atoms with Gasteiger partial charge in [-0.1, -0.05) is 35.8 Å². The van der Waals surface area contributed by atoms with Gasteiger partial charge in [-0.2, -0.15) is 0 Å². The van der Waals surface area contributed by atoms with Crippen LogP contribution in [0.2, 0.25) is 0 Å². The molecule has 0 aromatic heterocycles. The van der Waals surface area contributed by atoms with Crippen LogP contribution in [0.4, 0.5) is 0 Å². The second-order valence-corrected chi connectivity index (χ2v) is 5.55. The Morgan fingerprint density at radius 2 is 1.83 bits per heavy atom. The maximum atomic E-state index is 9.10. The van der Waals surface area contributed by atoms with Gasteiger partial charge in [0.15, 0.2) is 0 Å². The topological polar surface area (TPSA) is 105 Å². The first-order valence-corrected chi connectivity index (χ1v) is 7.78. The number of nitrogens with one attached hydrogen (secondary N) is 1. The lowest BCUT2D eigenvalue weighted by Gasteiger charge is -2.09. The monoisotopic (exact) mass is 391 g/mol. The SMILES string of the molecule is CC(C)NCCOCCOc1cccc(Br)c1.O=C(O)C(=O)O. The van der Waals surface area contributed by atoms with Crippen molar-refractivity contribution in [3.8, 4) is 5.75 Å². The fourth-order valence-corrected chi connectivity index (χ4v) is 1.68. The van der Waals surface area contributed by atoms with Crippen LogP contribution in [0.15, 0.2) is 28.7 Å². The lowest BCUT2D eigenvalue weighted by molar-refractivity contribution is -0.159. The zero-order valence-corrected chi connectivity index (χ0v) is 14.7. The fraction of sp³-hybridized carbons (Fsp3) is 0.467. The van der Waals surface area contributed by atoms with E-state index in [4.69, 9.17) is 29.3 Å². The van der Waals surface area contributed by atoms with E-state index in [1.165, 1.54) is 0 Å². The molecule has 0 saturated heterocycles. The van der Waals surface area contributed by atoms with Crippen molar-refractivity contribution in [2.75, 3.05) is 26.4 Å². The van der Waals surface area contributed by atoms with E-state index in [0.717, 1.165) is 23.4 Å². The normalized spacial score (nSPS) is 9.91. The average molecular weight is 392 g/mol. The predicted molar refractivity (Wildman–Crippen MR) is 88.9 cm³/mol. The van der Waals surface area contributed by atoms with Crippen molar-refractivity contribution >= 4 is 27.9 Å². The lowest BCUT2D eigenvalue weighted by Crippen LogP contribution is -2.27. The first-order chi connectivity index (χ1) is 10.8. The highest BCUT2D eigenvalue weighted by molar-refractivity contribution is 9.10. The van der Waals surface area contributed by atoms with Crippen LogP contribution < -0.4 is 10.1 Å². The minimum atomic E-state index is -1.82. The largest absolute Gasteiger partial charge is 0.491 e. The van der Waals surface area contributed by atoms with Crippen molar-refractivity contribution in [2.24, 2.45) is 0 Å². The smallest absolute Gasteiger partial charge is 0.414 e. The molecule has 0 saturated carbocycles. The second-order valence-electron chi connectivity index (χ2n) is 4.64. The van der Waals surface area contributed by atoms with E-state index in [9.17, 15) is 0 Å². The highest BCUT2D eigenvalue weighted by atomic mass is 79.9. The first kappa shape index (κ1) is 21.4. The molecular weight excluding hydrogens is 370 g/mol. The molecule has 8 heteroatoms. The maximum absolute atomic E-state index is 9.10. The zero-order chi connectivity index (χ0) is 17.7. The number of halogens is 1. The van der Waals surface area contributed by atoms with Gasteiger partial charge in [0.05, 0.1) is 13.2 Å². The van der Waals surface area contributed by atoms with Crippen molar-refractivity contribution in [1.82, 2.24) is 5.32 Å². The van der Waals surface area contributed by atoms with Crippen LogP contribution in [0.5, 0.6) is 5.75 Å². The fourth-order valence-electron chi connectivity index (χ4n) is 1.30. The quantitative estimate of drug-likeness (QED) is 0.459. The summed E-state index contributed by atoms with van der Waals surface area (Å²) in [5.74, 6) is -2.78. The Morgan fingerprint density at radius 3 is 2.35 bits per heavy atom. The van der Waals surface area contributed by atoms with Crippen molar-refractivity contribution in [1.29, 1.82) is 0 Å². The molecule has 0 amide bonds. The third-order valence-corrected chi connectivity index (χ3v) is 2.77. The summed E-state index contributed by atoms with van der Waals surface area (Å²) < 4.78 is 12.0. The summed E-state index contributed by atoms with van der Waals surface area (Å²) in [6.45, 7) is 7.05. The summed E-state index contributed by atoms with van der Waals surface area (Å²) in [7, 11) is 0. The summed E-state index contributed by atoms with van der Waals surface area (Å²) >= 11 is 3.40. The van der Waals surface area contributed by atoms with Crippen molar-refractivity contribution in [2.45, 2.75) is 19.9 Å². The zero-order valence-electron chi connectivity index (χ0n) is 13.1. The Balaban J connectivity index is 0.000000688. The third kappa shape index (κ3) is 13.7. The molecule has 0 heterocycles. The van der Waals surface area contributed by atoms with Gasteiger partial charge in [0, 0.05) is 17.1 Å². The molecule has 0 aliphatic carbocycles. The summed E-state index contributed by atoms with van der Waals surface area (Å²) in [5, 5.41) is 18.1. The first-order valence-electron chi connectivity index (χ1n) is 6.98.